The summed E-state index contributed by atoms with van der Waals surface area (Å²) in [6.45, 7) is 6.86. The highest BCUT2D eigenvalue weighted by Crippen LogP contribution is 1.98. The Labute approximate surface area is 74.6 Å². The molecule has 0 aromatic rings. The molecule has 0 aromatic heterocycles. The Balaban J connectivity index is 3.63. The molecule has 0 aliphatic rings. The van der Waals surface area contributed by atoms with Crippen LogP contribution in [0, 0.1) is 17.2 Å². The quantitative estimate of drug-likeness (QED) is 0.643. The molecule has 0 fully saturated rings. The highest BCUT2D eigenvalue weighted by Gasteiger charge is 2.05. The molecule has 0 amide bonds. The average Bonchev–Trinajstić information content (AvgIpc) is 2.00. The summed E-state index contributed by atoms with van der Waals surface area (Å²) >= 11 is 0. The summed E-state index contributed by atoms with van der Waals surface area (Å²) in [6.07, 6.45) is 0.548. The molecule has 70 valence electrons. The lowest BCUT2D eigenvalue weighted by Crippen LogP contribution is -2.31. The SMILES string of the molecule is CC(C)CN(CCO)CCC#N. The van der Waals surface area contributed by atoms with Crippen molar-refractivity contribution in [1.82, 2.24) is 4.90 Å². The van der Waals surface area contributed by atoms with E-state index in [9.17, 15) is 0 Å². The van der Waals surface area contributed by atoms with E-state index < -0.39 is 0 Å². The van der Waals surface area contributed by atoms with Gasteiger partial charge in [0.25, 0.3) is 0 Å². The second kappa shape index (κ2) is 7.08. The molecular formula is C9H18N2O. The van der Waals surface area contributed by atoms with Crippen molar-refractivity contribution in [2.75, 3.05) is 26.2 Å². The van der Waals surface area contributed by atoms with Gasteiger partial charge in [0.2, 0.25) is 0 Å². The monoisotopic (exact) mass is 170 g/mol. The lowest BCUT2D eigenvalue weighted by Gasteiger charge is -2.21. The van der Waals surface area contributed by atoms with E-state index >= 15 is 0 Å². The molecule has 12 heavy (non-hydrogen) atoms. The molecule has 0 aliphatic heterocycles. The van der Waals surface area contributed by atoms with E-state index in [-0.39, 0.29) is 6.61 Å². The Bertz CT molecular complexity index is 140. The maximum atomic E-state index is 8.72. The van der Waals surface area contributed by atoms with Crippen LogP contribution in [0.25, 0.3) is 0 Å². The molecular weight excluding hydrogens is 152 g/mol. The smallest absolute Gasteiger partial charge is 0.0635 e. The third kappa shape index (κ3) is 6.14. The molecule has 3 heteroatoms. The third-order valence-corrected chi connectivity index (χ3v) is 1.58. The molecule has 3 nitrogen and oxygen atoms in total. The van der Waals surface area contributed by atoms with Gasteiger partial charge >= 0.3 is 0 Å². The van der Waals surface area contributed by atoms with E-state index in [2.05, 4.69) is 24.8 Å². The van der Waals surface area contributed by atoms with Gasteiger partial charge in [-0.05, 0) is 5.92 Å². The van der Waals surface area contributed by atoms with Crippen molar-refractivity contribution in [3.8, 4) is 6.07 Å². The normalized spacial score (nSPS) is 10.7. The van der Waals surface area contributed by atoms with Gasteiger partial charge in [-0.25, -0.2) is 0 Å². The van der Waals surface area contributed by atoms with E-state index in [4.69, 9.17) is 10.4 Å². The largest absolute Gasteiger partial charge is 0.395 e. The van der Waals surface area contributed by atoms with Crippen molar-refractivity contribution in [2.24, 2.45) is 5.92 Å². The minimum Gasteiger partial charge on any atom is -0.395 e. The van der Waals surface area contributed by atoms with Crippen molar-refractivity contribution >= 4 is 0 Å². The Kier molecular flexibility index (Phi) is 6.73. The molecule has 0 spiro atoms. The number of aliphatic hydroxyl groups excluding tert-OH is 1. The summed E-state index contributed by atoms with van der Waals surface area (Å²) < 4.78 is 0. The van der Waals surface area contributed by atoms with Crippen molar-refractivity contribution in [2.45, 2.75) is 20.3 Å². The van der Waals surface area contributed by atoms with Crippen LogP contribution in [-0.2, 0) is 0 Å². The van der Waals surface area contributed by atoms with Gasteiger partial charge in [-0.3, -0.25) is 4.90 Å². The molecule has 0 atom stereocenters. The van der Waals surface area contributed by atoms with Gasteiger partial charge in [0.15, 0.2) is 0 Å². The Morgan fingerprint density at radius 1 is 1.42 bits per heavy atom. The number of nitriles is 1. The van der Waals surface area contributed by atoms with Gasteiger partial charge in [0.1, 0.15) is 0 Å². The fraction of sp³-hybridized carbons (Fsp3) is 0.889. The van der Waals surface area contributed by atoms with Crippen LogP contribution in [0.3, 0.4) is 0 Å². The van der Waals surface area contributed by atoms with Gasteiger partial charge in [-0.2, -0.15) is 5.26 Å². The molecule has 0 unspecified atom stereocenters. The Morgan fingerprint density at radius 3 is 2.50 bits per heavy atom. The first kappa shape index (κ1) is 11.4. The highest BCUT2D eigenvalue weighted by atomic mass is 16.3. The third-order valence-electron chi connectivity index (χ3n) is 1.58. The summed E-state index contributed by atoms with van der Waals surface area (Å²) in [5.41, 5.74) is 0. The fourth-order valence-electron chi connectivity index (χ4n) is 1.16. The molecule has 0 aromatic carbocycles. The molecule has 0 radical (unpaired) electrons. The number of hydrogen-bond donors (Lipinski definition) is 1. The van der Waals surface area contributed by atoms with Crippen LogP contribution in [0.1, 0.15) is 20.3 Å². The maximum Gasteiger partial charge on any atom is 0.0635 e. The second-order valence-corrected chi connectivity index (χ2v) is 3.33. The Hall–Kier alpha value is -0.590. The van der Waals surface area contributed by atoms with E-state index in [1.54, 1.807) is 0 Å². The van der Waals surface area contributed by atoms with Gasteiger partial charge in [-0.15, -0.1) is 0 Å². The number of rotatable bonds is 6. The number of nitrogens with zero attached hydrogens (tertiary/aromatic N) is 2. The first-order valence-corrected chi connectivity index (χ1v) is 4.41. The number of aliphatic hydroxyl groups is 1. The van der Waals surface area contributed by atoms with Crippen LogP contribution in [-0.4, -0.2) is 36.2 Å². The molecule has 1 N–H and O–H groups in total. The lowest BCUT2D eigenvalue weighted by atomic mass is 10.2. The van der Waals surface area contributed by atoms with Gasteiger partial charge in [-0.1, -0.05) is 13.8 Å². The van der Waals surface area contributed by atoms with Crippen molar-refractivity contribution in [3.63, 3.8) is 0 Å². The average molecular weight is 170 g/mol. The zero-order valence-electron chi connectivity index (χ0n) is 7.95. The van der Waals surface area contributed by atoms with Gasteiger partial charge in [0, 0.05) is 26.1 Å². The molecule has 0 saturated heterocycles. The predicted molar refractivity (Wildman–Crippen MR) is 48.6 cm³/mol. The summed E-state index contributed by atoms with van der Waals surface area (Å²) in [5, 5.41) is 17.1. The van der Waals surface area contributed by atoms with Crippen molar-refractivity contribution in [1.29, 1.82) is 5.26 Å². The van der Waals surface area contributed by atoms with Crippen LogP contribution in [0.2, 0.25) is 0 Å². The van der Waals surface area contributed by atoms with Gasteiger partial charge < -0.3 is 5.11 Å². The van der Waals surface area contributed by atoms with E-state index in [1.807, 2.05) is 0 Å². The van der Waals surface area contributed by atoms with Crippen molar-refractivity contribution in [3.05, 3.63) is 0 Å². The van der Waals surface area contributed by atoms with Crippen LogP contribution in [0.5, 0.6) is 0 Å². The first-order valence-electron chi connectivity index (χ1n) is 4.41. The first-order chi connectivity index (χ1) is 5.70. The van der Waals surface area contributed by atoms with Crippen molar-refractivity contribution < 1.29 is 5.11 Å². The van der Waals surface area contributed by atoms with E-state index in [1.165, 1.54) is 0 Å². The van der Waals surface area contributed by atoms with Crippen LogP contribution >= 0.6 is 0 Å². The molecule has 0 bridgehead atoms. The second-order valence-electron chi connectivity index (χ2n) is 3.33. The standard InChI is InChI=1S/C9H18N2O/c1-9(2)8-11(6-7-12)5-3-4-10/h9,12H,3,5-8H2,1-2H3. The lowest BCUT2D eigenvalue weighted by molar-refractivity contribution is 0.184. The zero-order valence-corrected chi connectivity index (χ0v) is 7.95. The molecule has 0 rings (SSSR count). The van der Waals surface area contributed by atoms with Crippen LogP contribution < -0.4 is 0 Å². The summed E-state index contributed by atoms with van der Waals surface area (Å²) in [4.78, 5) is 2.12. The highest BCUT2D eigenvalue weighted by molar-refractivity contribution is 4.72. The van der Waals surface area contributed by atoms with Crippen LogP contribution in [0.15, 0.2) is 0 Å². The molecule has 0 aliphatic carbocycles. The molecule has 0 saturated carbocycles. The minimum absolute atomic E-state index is 0.179. The van der Waals surface area contributed by atoms with E-state index in [0.717, 1.165) is 13.1 Å². The maximum absolute atomic E-state index is 8.72. The van der Waals surface area contributed by atoms with Gasteiger partial charge in [0.05, 0.1) is 12.7 Å². The summed E-state index contributed by atoms with van der Waals surface area (Å²) in [6, 6.07) is 2.11. The summed E-state index contributed by atoms with van der Waals surface area (Å²) in [7, 11) is 0. The topological polar surface area (TPSA) is 47.3 Å². The molecule has 0 heterocycles. The minimum atomic E-state index is 0.179. The fourth-order valence-corrected chi connectivity index (χ4v) is 1.16. The predicted octanol–water partition coefficient (Wildman–Crippen LogP) is 0.850. The number of hydrogen-bond acceptors (Lipinski definition) is 3. The Morgan fingerprint density at radius 2 is 2.08 bits per heavy atom. The summed E-state index contributed by atoms with van der Waals surface area (Å²) in [5.74, 6) is 0.593. The van der Waals surface area contributed by atoms with Crippen LogP contribution in [0.4, 0.5) is 0 Å². The zero-order chi connectivity index (χ0) is 9.40. The van der Waals surface area contributed by atoms with E-state index in [0.29, 0.717) is 18.9 Å².